The van der Waals surface area contributed by atoms with Crippen molar-refractivity contribution in [1.82, 2.24) is 5.32 Å². The van der Waals surface area contributed by atoms with Crippen LogP contribution < -0.4 is 5.32 Å². The zero-order valence-corrected chi connectivity index (χ0v) is 11.1. The standard InChI is InChI=1S/C12H17NO4S/c1-12(17,7-18-2)6-13-11(16)8-4-3-5-9(14)10(8)15/h3-5,14-15,17H,6-7H2,1-2H3,(H,13,16). The molecule has 1 rings (SSSR count). The average molecular weight is 271 g/mol. The Labute approximate surface area is 110 Å². The zero-order chi connectivity index (χ0) is 13.8. The molecule has 0 aliphatic rings. The number of para-hydroxylation sites is 1. The SMILES string of the molecule is CSCC(C)(O)CNC(=O)c1cccc(O)c1O. The molecule has 1 aromatic carbocycles. The third kappa shape index (κ3) is 3.82. The quantitative estimate of drug-likeness (QED) is 0.599. The molecule has 0 spiro atoms. The van der Waals surface area contributed by atoms with E-state index in [1.165, 1.54) is 30.0 Å². The highest BCUT2D eigenvalue weighted by Gasteiger charge is 2.22. The van der Waals surface area contributed by atoms with Crippen LogP contribution in [0, 0.1) is 0 Å². The summed E-state index contributed by atoms with van der Waals surface area (Å²) < 4.78 is 0. The van der Waals surface area contributed by atoms with Crippen molar-refractivity contribution in [2.75, 3.05) is 18.6 Å². The number of aliphatic hydroxyl groups is 1. The summed E-state index contributed by atoms with van der Waals surface area (Å²) in [5, 5.41) is 31.2. The van der Waals surface area contributed by atoms with Gasteiger partial charge in [0.05, 0.1) is 11.2 Å². The first-order valence-corrected chi connectivity index (χ1v) is 6.77. The van der Waals surface area contributed by atoms with Gasteiger partial charge in [0, 0.05) is 12.3 Å². The number of rotatable bonds is 5. The number of benzene rings is 1. The van der Waals surface area contributed by atoms with Gasteiger partial charge in [0.15, 0.2) is 11.5 Å². The Hall–Kier alpha value is -1.40. The van der Waals surface area contributed by atoms with Gasteiger partial charge in [0.2, 0.25) is 0 Å². The Morgan fingerprint density at radius 3 is 2.72 bits per heavy atom. The number of phenols is 2. The molecule has 1 amide bonds. The van der Waals surface area contributed by atoms with Crippen molar-refractivity contribution in [3.8, 4) is 11.5 Å². The molecule has 6 heteroatoms. The molecule has 18 heavy (non-hydrogen) atoms. The van der Waals surface area contributed by atoms with Crippen LogP contribution in [0.25, 0.3) is 0 Å². The van der Waals surface area contributed by atoms with Crippen LogP contribution in [0.4, 0.5) is 0 Å². The van der Waals surface area contributed by atoms with Crippen molar-refractivity contribution in [2.24, 2.45) is 0 Å². The van der Waals surface area contributed by atoms with E-state index < -0.39 is 17.3 Å². The number of nitrogens with one attached hydrogen (secondary N) is 1. The Morgan fingerprint density at radius 2 is 2.11 bits per heavy atom. The number of phenolic OH excluding ortho intramolecular Hbond substituents is 2. The molecular weight excluding hydrogens is 254 g/mol. The predicted molar refractivity (Wildman–Crippen MR) is 71.1 cm³/mol. The summed E-state index contributed by atoms with van der Waals surface area (Å²) in [5.74, 6) is -0.859. The van der Waals surface area contributed by atoms with E-state index in [-0.39, 0.29) is 17.9 Å². The summed E-state index contributed by atoms with van der Waals surface area (Å²) in [6.07, 6.45) is 1.86. The van der Waals surface area contributed by atoms with Gasteiger partial charge in [0.25, 0.3) is 5.91 Å². The number of aromatic hydroxyl groups is 2. The number of amides is 1. The van der Waals surface area contributed by atoms with Crippen molar-refractivity contribution in [3.63, 3.8) is 0 Å². The van der Waals surface area contributed by atoms with Crippen LogP contribution in [-0.4, -0.2) is 45.4 Å². The molecule has 0 saturated carbocycles. The van der Waals surface area contributed by atoms with Crippen LogP contribution in [0.1, 0.15) is 17.3 Å². The van der Waals surface area contributed by atoms with Crippen molar-refractivity contribution in [3.05, 3.63) is 23.8 Å². The fraction of sp³-hybridized carbons (Fsp3) is 0.417. The van der Waals surface area contributed by atoms with E-state index in [0.717, 1.165) is 0 Å². The van der Waals surface area contributed by atoms with E-state index in [1.807, 2.05) is 6.26 Å². The molecule has 0 radical (unpaired) electrons. The van der Waals surface area contributed by atoms with Gasteiger partial charge in [-0.15, -0.1) is 0 Å². The fourth-order valence-electron chi connectivity index (χ4n) is 1.44. The molecule has 5 nitrogen and oxygen atoms in total. The van der Waals surface area contributed by atoms with Gasteiger partial charge in [-0.3, -0.25) is 4.79 Å². The Kier molecular flexibility index (Phi) is 4.86. The second-order valence-electron chi connectivity index (χ2n) is 4.29. The number of thioether (sulfide) groups is 1. The van der Waals surface area contributed by atoms with E-state index >= 15 is 0 Å². The van der Waals surface area contributed by atoms with Crippen LogP contribution >= 0.6 is 11.8 Å². The maximum absolute atomic E-state index is 11.8. The summed E-state index contributed by atoms with van der Waals surface area (Å²) in [5.41, 5.74) is -1.03. The monoisotopic (exact) mass is 271 g/mol. The summed E-state index contributed by atoms with van der Waals surface area (Å²) in [7, 11) is 0. The van der Waals surface area contributed by atoms with E-state index in [1.54, 1.807) is 6.92 Å². The second kappa shape index (κ2) is 5.97. The summed E-state index contributed by atoms with van der Waals surface area (Å²) in [4.78, 5) is 11.8. The molecule has 1 unspecified atom stereocenters. The Balaban J connectivity index is 2.69. The highest BCUT2D eigenvalue weighted by molar-refractivity contribution is 7.98. The number of hydrogen-bond acceptors (Lipinski definition) is 5. The van der Waals surface area contributed by atoms with E-state index in [0.29, 0.717) is 5.75 Å². The molecule has 0 aliphatic heterocycles. The van der Waals surface area contributed by atoms with Crippen molar-refractivity contribution in [1.29, 1.82) is 0 Å². The van der Waals surface area contributed by atoms with Crippen LogP contribution in [0.5, 0.6) is 11.5 Å². The van der Waals surface area contributed by atoms with Crippen LogP contribution in [0.3, 0.4) is 0 Å². The van der Waals surface area contributed by atoms with Crippen LogP contribution in [0.2, 0.25) is 0 Å². The molecular formula is C12H17NO4S. The molecule has 0 aromatic heterocycles. The Bertz CT molecular complexity index is 434. The average Bonchev–Trinajstić information content (AvgIpc) is 2.30. The molecule has 1 aromatic rings. The van der Waals surface area contributed by atoms with Gasteiger partial charge in [-0.05, 0) is 25.3 Å². The van der Waals surface area contributed by atoms with Crippen molar-refractivity contribution < 1.29 is 20.1 Å². The largest absolute Gasteiger partial charge is 0.504 e. The lowest BCUT2D eigenvalue weighted by Crippen LogP contribution is -2.42. The molecule has 0 saturated heterocycles. The minimum absolute atomic E-state index is 0.0186. The van der Waals surface area contributed by atoms with E-state index in [9.17, 15) is 20.1 Å². The van der Waals surface area contributed by atoms with E-state index in [2.05, 4.69) is 5.32 Å². The van der Waals surface area contributed by atoms with Gasteiger partial charge in [-0.2, -0.15) is 11.8 Å². The summed E-state index contributed by atoms with van der Waals surface area (Å²) in [6.45, 7) is 1.69. The summed E-state index contributed by atoms with van der Waals surface area (Å²) >= 11 is 1.47. The number of carbonyl (C=O) groups is 1. The highest BCUT2D eigenvalue weighted by atomic mass is 32.2. The Morgan fingerprint density at radius 1 is 1.44 bits per heavy atom. The highest BCUT2D eigenvalue weighted by Crippen LogP contribution is 2.27. The summed E-state index contributed by atoms with van der Waals surface area (Å²) in [6, 6.07) is 4.15. The first-order valence-electron chi connectivity index (χ1n) is 5.38. The maximum Gasteiger partial charge on any atom is 0.255 e. The zero-order valence-electron chi connectivity index (χ0n) is 10.3. The van der Waals surface area contributed by atoms with Crippen molar-refractivity contribution in [2.45, 2.75) is 12.5 Å². The van der Waals surface area contributed by atoms with Crippen LogP contribution in [-0.2, 0) is 0 Å². The third-order valence-corrected chi connectivity index (χ3v) is 3.25. The first-order chi connectivity index (χ1) is 8.37. The van der Waals surface area contributed by atoms with Crippen LogP contribution in [0.15, 0.2) is 18.2 Å². The second-order valence-corrected chi connectivity index (χ2v) is 5.15. The smallest absolute Gasteiger partial charge is 0.255 e. The minimum atomic E-state index is -1.01. The van der Waals surface area contributed by atoms with Crippen molar-refractivity contribution >= 4 is 17.7 Å². The molecule has 0 bridgehead atoms. The molecule has 1 atom stereocenters. The van der Waals surface area contributed by atoms with Gasteiger partial charge in [-0.1, -0.05) is 6.07 Å². The lowest BCUT2D eigenvalue weighted by atomic mass is 10.1. The number of carbonyl (C=O) groups excluding carboxylic acids is 1. The van der Waals surface area contributed by atoms with Gasteiger partial charge >= 0.3 is 0 Å². The third-order valence-electron chi connectivity index (χ3n) is 2.34. The lowest BCUT2D eigenvalue weighted by molar-refractivity contribution is 0.0723. The van der Waals surface area contributed by atoms with E-state index in [4.69, 9.17) is 0 Å². The van der Waals surface area contributed by atoms with Gasteiger partial charge < -0.3 is 20.6 Å². The molecule has 4 N–H and O–H groups in total. The number of hydrogen-bond donors (Lipinski definition) is 4. The minimum Gasteiger partial charge on any atom is -0.504 e. The maximum atomic E-state index is 11.8. The van der Waals surface area contributed by atoms with Gasteiger partial charge in [-0.25, -0.2) is 0 Å². The molecule has 0 aliphatic carbocycles. The lowest BCUT2D eigenvalue weighted by Gasteiger charge is -2.22. The molecule has 0 fully saturated rings. The topological polar surface area (TPSA) is 89.8 Å². The first kappa shape index (κ1) is 14.7. The predicted octanol–water partition coefficient (Wildman–Crippen LogP) is 0.942. The normalized spacial score (nSPS) is 13.9. The molecule has 0 heterocycles. The fourth-order valence-corrected chi connectivity index (χ4v) is 2.17. The molecule has 100 valence electrons. The van der Waals surface area contributed by atoms with Gasteiger partial charge in [0.1, 0.15) is 0 Å².